The summed E-state index contributed by atoms with van der Waals surface area (Å²) in [6.45, 7) is 12.7. The summed E-state index contributed by atoms with van der Waals surface area (Å²) in [5.74, 6) is 0.667. The molecule has 1 N–H and O–H groups in total. The largest absolute Gasteiger partial charge is 0.491 e. The van der Waals surface area contributed by atoms with Crippen LogP contribution in [-0.2, 0) is 9.47 Å². The van der Waals surface area contributed by atoms with Crippen LogP contribution in [0.2, 0.25) is 0 Å². The monoisotopic (exact) mass is 408 g/mol. The maximum absolute atomic E-state index is 12.5. The maximum atomic E-state index is 12.5. The highest BCUT2D eigenvalue weighted by Crippen LogP contribution is 2.24. The Morgan fingerprint density at radius 1 is 1.00 bits per heavy atom. The number of benzene rings is 1. The molecule has 1 rings (SSSR count). The quantitative estimate of drug-likeness (QED) is 0.375. The molecule has 0 aliphatic heterocycles. The van der Waals surface area contributed by atoms with Crippen molar-refractivity contribution in [2.75, 3.05) is 44.8 Å². The van der Waals surface area contributed by atoms with E-state index >= 15 is 0 Å². The molecular formula is C23H40N2O4. The summed E-state index contributed by atoms with van der Waals surface area (Å²) in [5, 5.41) is 2.83. The summed E-state index contributed by atoms with van der Waals surface area (Å²) in [6.07, 6.45) is 4.56. The second kappa shape index (κ2) is 16.1. The zero-order valence-electron chi connectivity index (χ0n) is 18.7. The van der Waals surface area contributed by atoms with Crippen LogP contribution < -0.4 is 10.1 Å². The Morgan fingerprint density at radius 3 is 2.41 bits per heavy atom. The second-order valence-corrected chi connectivity index (χ2v) is 7.12. The zero-order valence-corrected chi connectivity index (χ0v) is 18.7. The highest BCUT2D eigenvalue weighted by Gasteiger charge is 2.18. The van der Waals surface area contributed by atoms with Gasteiger partial charge < -0.3 is 19.1 Å². The normalized spacial score (nSPS) is 12.0. The van der Waals surface area contributed by atoms with Crippen LogP contribution in [0.1, 0.15) is 59.8 Å². The van der Waals surface area contributed by atoms with E-state index in [1.807, 2.05) is 24.3 Å². The van der Waals surface area contributed by atoms with Crippen molar-refractivity contribution in [1.82, 2.24) is 4.90 Å². The number of para-hydroxylation sites is 2. The predicted octanol–water partition coefficient (Wildman–Crippen LogP) is 5.33. The van der Waals surface area contributed by atoms with Crippen LogP contribution in [0.25, 0.3) is 0 Å². The molecule has 0 radical (unpaired) electrons. The number of unbranched alkanes of at least 4 members (excludes halogenated alkanes) is 3. The van der Waals surface area contributed by atoms with Crippen LogP contribution in [0, 0.1) is 0 Å². The minimum atomic E-state index is -0.481. The van der Waals surface area contributed by atoms with Crippen molar-refractivity contribution in [3.63, 3.8) is 0 Å². The maximum Gasteiger partial charge on any atom is 0.412 e. The van der Waals surface area contributed by atoms with Gasteiger partial charge in [-0.05, 0) is 38.1 Å². The minimum Gasteiger partial charge on any atom is -0.491 e. The van der Waals surface area contributed by atoms with Crippen molar-refractivity contribution in [3.05, 3.63) is 24.3 Å². The predicted molar refractivity (Wildman–Crippen MR) is 119 cm³/mol. The number of carbonyl (C=O) groups excluding carboxylic acids is 1. The first-order valence-corrected chi connectivity index (χ1v) is 11.1. The summed E-state index contributed by atoms with van der Waals surface area (Å²) in [5.41, 5.74) is 0.627. The van der Waals surface area contributed by atoms with Crippen LogP contribution in [0.5, 0.6) is 5.75 Å². The van der Waals surface area contributed by atoms with E-state index < -0.39 is 6.09 Å². The van der Waals surface area contributed by atoms with Crippen LogP contribution in [0.4, 0.5) is 10.5 Å². The van der Waals surface area contributed by atoms with E-state index in [1.165, 1.54) is 0 Å². The van der Waals surface area contributed by atoms with Gasteiger partial charge in [0.1, 0.15) is 11.9 Å². The van der Waals surface area contributed by atoms with E-state index in [2.05, 4.69) is 37.9 Å². The molecule has 0 unspecified atom stereocenters. The van der Waals surface area contributed by atoms with Gasteiger partial charge in [0.05, 0.1) is 18.9 Å². The zero-order chi connectivity index (χ0) is 21.3. The first kappa shape index (κ1) is 25.2. The lowest BCUT2D eigenvalue weighted by Gasteiger charge is -2.25. The Labute approximate surface area is 176 Å². The molecule has 0 saturated carbocycles. The number of anilines is 1. The average molecular weight is 409 g/mol. The van der Waals surface area contributed by atoms with Gasteiger partial charge in [0.15, 0.2) is 0 Å². The molecule has 0 aromatic heterocycles. The van der Waals surface area contributed by atoms with Gasteiger partial charge in [0.2, 0.25) is 0 Å². The Hall–Kier alpha value is -1.79. The molecule has 0 bridgehead atoms. The Bertz CT molecular complexity index is 549. The van der Waals surface area contributed by atoms with Crippen molar-refractivity contribution >= 4 is 11.8 Å². The molecule has 1 amide bonds. The molecule has 6 heteroatoms. The number of carbonyl (C=O) groups is 1. The molecule has 1 aromatic carbocycles. The molecule has 166 valence electrons. The number of hydrogen-bond acceptors (Lipinski definition) is 5. The van der Waals surface area contributed by atoms with E-state index in [-0.39, 0.29) is 6.10 Å². The highest BCUT2D eigenvalue weighted by molar-refractivity contribution is 5.86. The molecule has 0 aliphatic carbocycles. The van der Waals surface area contributed by atoms with Gasteiger partial charge >= 0.3 is 6.09 Å². The molecule has 0 aliphatic rings. The smallest absolute Gasteiger partial charge is 0.412 e. The molecule has 1 atom stereocenters. The standard InChI is InChI=1S/C23H40N2O4/c1-5-9-13-17-28-22-15-12-11-14-21(22)24-23(26)29-20(18-25(7-3)8-4)19-27-16-10-6-2/h11-12,14-15,20H,5-10,13,16-19H2,1-4H3,(H,24,26)/t20-/m0/s1. The first-order chi connectivity index (χ1) is 14.1. The number of nitrogens with zero attached hydrogens (tertiary/aromatic N) is 1. The van der Waals surface area contributed by atoms with Crippen molar-refractivity contribution in [3.8, 4) is 5.75 Å². The molecular weight excluding hydrogens is 368 g/mol. The van der Waals surface area contributed by atoms with Gasteiger partial charge in [-0.3, -0.25) is 5.32 Å². The Morgan fingerprint density at radius 2 is 1.72 bits per heavy atom. The summed E-state index contributed by atoms with van der Waals surface area (Å²) in [7, 11) is 0. The first-order valence-electron chi connectivity index (χ1n) is 11.1. The number of rotatable bonds is 16. The summed E-state index contributed by atoms with van der Waals surface area (Å²) in [6, 6.07) is 7.46. The number of amides is 1. The van der Waals surface area contributed by atoms with Crippen LogP contribution in [-0.4, -0.2) is 56.6 Å². The van der Waals surface area contributed by atoms with Crippen molar-refractivity contribution in [2.45, 2.75) is 65.9 Å². The van der Waals surface area contributed by atoms with Crippen LogP contribution >= 0.6 is 0 Å². The fraction of sp³-hybridized carbons (Fsp3) is 0.696. The van der Waals surface area contributed by atoms with E-state index in [0.717, 1.165) is 45.2 Å². The fourth-order valence-corrected chi connectivity index (χ4v) is 2.88. The van der Waals surface area contributed by atoms with Crippen molar-refractivity contribution < 1.29 is 19.0 Å². The molecule has 0 fully saturated rings. The van der Waals surface area contributed by atoms with Crippen molar-refractivity contribution in [2.24, 2.45) is 0 Å². The minimum absolute atomic E-state index is 0.315. The van der Waals surface area contributed by atoms with Gasteiger partial charge in [-0.25, -0.2) is 4.79 Å². The van der Waals surface area contributed by atoms with E-state index in [0.29, 0.717) is 37.8 Å². The summed E-state index contributed by atoms with van der Waals surface area (Å²) >= 11 is 0. The summed E-state index contributed by atoms with van der Waals surface area (Å²) < 4.78 is 17.2. The summed E-state index contributed by atoms with van der Waals surface area (Å²) in [4.78, 5) is 14.8. The van der Waals surface area contributed by atoms with E-state index in [9.17, 15) is 4.79 Å². The number of ether oxygens (including phenoxy) is 3. The Balaban J connectivity index is 2.64. The third-order valence-electron chi connectivity index (χ3n) is 4.71. The molecule has 29 heavy (non-hydrogen) atoms. The molecule has 1 aromatic rings. The topological polar surface area (TPSA) is 60.0 Å². The van der Waals surface area contributed by atoms with Gasteiger partial charge in [0.25, 0.3) is 0 Å². The SMILES string of the molecule is CCCCCOc1ccccc1NC(=O)O[C@H](COCCCC)CN(CC)CC. The van der Waals surface area contributed by atoms with E-state index in [1.54, 1.807) is 0 Å². The van der Waals surface area contributed by atoms with Crippen molar-refractivity contribution in [1.29, 1.82) is 0 Å². The lowest BCUT2D eigenvalue weighted by Crippen LogP contribution is -2.38. The van der Waals surface area contributed by atoms with E-state index in [4.69, 9.17) is 14.2 Å². The molecule has 6 nitrogen and oxygen atoms in total. The lowest BCUT2D eigenvalue weighted by molar-refractivity contribution is 0.00804. The molecule has 0 spiro atoms. The lowest BCUT2D eigenvalue weighted by atomic mass is 10.2. The molecule has 0 heterocycles. The highest BCUT2D eigenvalue weighted by atomic mass is 16.6. The van der Waals surface area contributed by atoms with Gasteiger partial charge in [-0.2, -0.15) is 0 Å². The average Bonchev–Trinajstić information content (AvgIpc) is 2.73. The van der Waals surface area contributed by atoms with Gasteiger partial charge in [-0.1, -0.05) is 59.1 Å². The molecule has 0 saturated heterocycles. The number of hydrogen-bond donors (Lipinski definition) is 1. The number of nitrogens with one attached hydrogen (secondary N) is 1. The fourth-order valence-electron chi connectivity index (χ4n) is 2.88. The van der Waals surface area contributed by atoms with Gasteiger partial charge in [0, 0.05) is 13.2 Å². The third-order valence-corrected chi connectivity index (χ3v) is 4.71. The number of likely N-dealkylation sites (N-methyl/N-ethyl adjacent to an activating group) is 1. The van der Waals surface area contributed by atoms with Crippen LogP contribution in [0.3, 0.4) is 0 Å². The van der Waals surface area contributed by atoms with Crippen LogP contribution in [0.15, 0.2) is 24.3 Å². The third kappa shape index (κ3) is 11.1. The second-order valence-electron chi connectivity index (χ2n) is 7.12. The van der Waals surface area contributed by atoms with Gasteiger partial charge in [-0.15, -0.1) is 0 Å². The Kier molecular flexibility index (Phi) is 14.0.